The first-order valence-corrected chi connectivity index (χ1v) is 9.38. The highest BCUT2D eigenvalue weighted by molar-refractivity contribution is 7.98. The first kappa shape index (κ1) is 23.2. The standard InChI is InChI=1S/C16H31N5OS.ClH/c1-11(2)10-21-12(19-20-15(21)23-6)8-7-9-18-14(22)13(17)16(3,4)5;/h11,13H,7-10,17H2,1-6H3,(H,18,22);1H/t13-;/m1./s1. The van der Waals surface area contributed by atoms with Crippen LogP contribution in [-0.2, 0) is 17.8 Å². The summed E-state index contributed by atoms with van der Waals surface area (Å²) in [7, 11) is 0. The van der Waals surface area contributed by atoms with E-state index in [0.717, 1.165) is 30.4 Å². The van der Waals surface area contributed by atoms with Crippen LogP contribution in [0, 0.1) is 11.3 Å². The van der Waals surface area contributed by atoms with Crippen LogP contribution in [0.1, 0.15) is 46.9 Å². The third-order valence-corrected chi connectivity index (χ3v) is 4.28. The van der Waals surface area contributed by atoms with Gasteiger partial charge in [-0.1, -0.05) is 46.4 Å². The van der Waals surface area contributed by atoms with Gasteiger partial charge in [0, 0.05) is 19.5 Å². The maximum Gasteiger partial charge on any atom is 0.237 e. The fraction of sp³-hybridized carbons (Fsp3) is 0.812. The zero-order valence-corrected chi connectivity index (χ0v) is 17.3. The number of hydrogen-bond donors (Lipinski definition) is 2. The van der Waals surface area contributed by atoms with Gasteiger partial charge in [0.15, 0.2) is 5.16 Å². The summed E-state index contributed by atoms with van der Waals surface area (Å²) in [6.07, 6.45) is 3.64. The van der Waals surface area contributed by atoms with Gasteiger partial charge in [0.25, 0.3) is 0 Å². The Balaban J connectivity index is 0.00000529. The minimum atomic E-state index is -0.491. The highest BCUT2D eigenvalue weighted by Gasteiger charge is 2.26. The highest BCUT2D eigenvalue weighted by Crippen LogP contribution is 2.18. The van der Waals surface area contributed by atoms with Crippen molar-refractivity contribution in [3.05, 3.63) is 5.82 Å². The maximum absolute atomic E-state index is 12.0. The number of nitrogens with zero attached hydrogens (tertiary/aromatic N) is 3. The van der Waals surface area contributed by atoms with Gasteiger partial charge in [0.05, 0.1) is 6.04 Å². The second kappa shape index (κ2) is 10.3. The number of halogens is 1. The van der Waals surface area contributed by atoms with E-state index in [4.69, 9.17) is 5.73 Å². The molecule has 140 valence electrons. The average Bonchev–Trinajstić information content (AvgIpc) is 2.82. The Kier molecular flexibility index (Phi) is 9.92. The van der Waals surface area contributed by atoms with Crippen molar-refractivity contribution >= 4 is 30.1 Å². The topological polar surface area (TPSA) is 85.8 Å². The monoisotopic (exact) mass is 377 g/mol. The van der Waals surface area contributed by atoms with Crippen LogP contribution >= 0.6 is 24.2 Å². The second-order valence-electron chi connectivity index (χ2n) is 7.35. The Morgan fingerprint density at radius 3 is 2.46 bits per heavy atom. The second-order valence-corrected chi connectivity index (χ2v) is 8.12. The Bertz CT molecular complexity index is 513. The van der Waals surface area contributed by atoms with E-state index in [1.54, 1.807) is 11.8 Å². The van der Waals surface area contributed by atoms with Gasteiger partial charge in [-0.3, -0.25) is 4.79 Å². The number of rotatable bonds is 8. The van der Waals surface area contributed by atoms with Crippen LogP contribution in [0.3, 0.4) is 0 Å². The summed E-state index contributed by atoms with van der Waals surface area (Å²) in [5.41, 5.74) is 5.72. The number of aromatic nitrogens is 3. The van der Waals surface area contributed by atoms with Crippen LogP contribution in [-0.4, -0.2) is 39.5 Å². The molecule has 1 rings (SSSR count). The van der Waals surface area contributed by atoms with Gasteiger partial charge in [-0.25, -0.2) is 0 Å². The molecule has 1 aromatic rings. The van der Waals surface area contributed by atoms with E-state index in [1.165, 1.54) is 0 Å². The Hall–Kier alpha value is -0.790. The van der Waals surface area contributed by atoms with Crippen LogP contribution < -0.4 is 11.1 Å². The van der Waals surface area contributed by atoms with Gasteiger partial charge in [-0.05, 0) is 24.0 Å². The largest absolute Gasteiger partial charge is 0.355 e. The summed E-state index contributed by atoms with van der Waals surface area (Å²) in [4.78, 5) is 12.0. The van der Waals surface area contributed by atoms with E-state index < -0.39 is 6.04 Å². The summed E-state index contributed by atoms with van der Waals surface area (Å²) in [6.45, 7) is 11.8. The molecule has 0 aromatic carbocycles. The van der Waals surface area contributed by atoms with Gasteiger partial charge in [0.1, 0.15) is 5.82 Å². The van der Waals surface area contributed by atoms with E-state index in [1.807, 2.05) is 27.0 Å². The van der Waals surface area contributed by atoms with Crippen molar-refractivity contribution in [2.75, 3.05) is 12.8 Å². The van der Waals surface area contributed by atoms with Gasteiger partial charge < -0.3 is 15.6 Å². The molecule has 0 saturated heterocycles. The molecule has 24 heavy (non-hydrogen) atoms. The van der Waals surface area contributed by atoms with Crippen LogP contribution in [0.15, 0.2) is 5.16 Å². The lowest BCUT2D eigenvalue weighted by molar-refractivity contribution is -0.124. The predicted octanol–water partition coefficient (Wildman–Crippen LogP) is 2.50. The van der Waals surface area contributed by atoms with E-state index in [0.29, 0.717) is 12.5 Å². The Morgan fingerprint density at radius 2 is 1.96 bits per heavy atom. The molecule has 1 aromatic heterocycles. The molecule has 0 aliphatic rings. The summed E-state index contributed by atoms with van der Waals surface area (Å²) < 4.78 is 2.18. The zero-order chi connectivity index (χ0) is 17.6. The molecule has 0 unspecified atom stereocenters. The quantitative estimate of drug-likeness (QED) is 0.537. The number of hydrogen-bond acceptors (Lipinski definition) is 5. The van der Waals surface area contributed by atoms with Crippen molar-refractivity contribution in [2.45, 2.75) is 65.2 Å². The summed E-state index contributed by atoms with van der Waals surface area (Å²) in [5.74, 6) is 1.43. The van der Waals surface area contributed by atoms with E-state index in [-0.39, 0.29) is 23.7 Å². The average molecular weight is 378 g/mol. The number of amides is 1. The highest BCUT2D eigenvalue weighted by atomic mass is 35.5. The fourth-order valence-corrected chi connectivity index (χ4v) is 2.69. The van der Waals surface area contributed by atoms with Crippen molar-refractivity contribution in [1.82, 2.24) is 20.1 Å². The number of aryl methyl sites for hydroxylation is 1. The molecule has 0 radical (unpaired) electrons. The summed E-state index contributed by atoms with van der Waals surface area (Å²) in [5, 5.41) is 12.4. The maximum atomic E-state index is 12.0. The van der Waals surface area contributed by atoms with E-state index >= 15 is 0 Å². The van der Waals surface area contributed by atoms with E-state index in [2.05, 4.69) is 33.9 Å². The number of nitrogens with one attached hydrogen (secondary N) is 1. The molecule has 6 nitrogen and oxygen atoms in total. The normalized spacial score (nSPS) is 12.8. The molecule has 0 saturated carbocycles. The molecule has 0 spiro atoms. The molecule has 3 N–H and O–H groups in total. The number of carbonyl (C=O) groups excluding carboxylic acids is 1. The van der Waals surface area contributed by atoms with Crippen molar-refractivity contribution in [3.8, 4) is 0 Å². The molecule has 1 heterocycles. The first-order valence-electron chi connectivity index (χ1n) is 8.16. The first-order chi connectivity index (χ1) is 10.7. The molecule has 0 bridgehead atoms. The van der Waals surface area contributed by atoms with Crippen LogP contribution in [0.25, 0.3) is 0 Å². The molecule has 0 aliphatic carbocycles. The third kappa shape index (κ3) is 6.99. The van der Waals surface area contributed by atoms with Crippen molar-refractivity contribution in [2.24, 2.45) is 17.1 Å². The minimum absolute atomic E-state index is 0. The smallest absolute Gasteiger partial charge is 0.237 e. The minimum Gasteiger partial charge on any atom is -0.355 e. The predicted molar refractivity (Wildman–Crippen MR) is 103 cm³/mol. The lowest BCUT2D eigenvalue weighted by Crippen LogP contribution is -2.48. The number of nitrogens with two attached hydrogens (primary N) is 1. The number of thioether (sulfide) groups is 1. The molecule has 0 fully saturated rings. The van der Waals surface area contributed by atoms with Gasteiger partial charge in [0.2, 0.25) is 5.91 Å². The molecular weight excluding hydrogens is 346 g/mol. The molecule has 8 heteroatoms. The lowest BCUT2D eigenvalue weighted by Gasteiger charge is -2.25. The molecule has 1 amide bonds. The van der Waals surface area contributed by atoms with Crippen molar-refractivity contribution in [3.63, 3.8) is 0 Å². The van der Waals surface area contributed by atoms with Crippen LogP contribution in [0.5, 0.6) is 0 Å². The van der Waals surface area contributed by atoms with Gasteiger partial charge in [-0.2, -0.15) is 0 Å². The fourth-order valence-electron chi connectivity index (χ4n) is 2.16. The summed E-state index contributed by atoms with van der Waals surface area (Å²) >= 11 is 1.61. The zero-order valence-electron chi connectivity index (χ0n) is 15.6. The van der Waals surface area contributed by atoms with Gasteiger partial charge in [-0.15, -0.1) is 22.6 Å². The van der Waals surface area contributed by atoms with Crippen molar-refractivity contribution < 1.29 is 4.79 Å². The third-order valence-electron chi connectivity index (χ3n) is 3.62. The Morgan fingerprint density at radius 1 is 1.33 bits per heavy atom. The molecule has 1 atom stereocenters. The van der Waals surface area contributed by atoms with Crippen LogP contribution in [0.4, 0.5) is 0 Å². The Labute approximate surface area is 156 Å². The van der Waals surface area contributed by atoms with Crippen molar-refractivity contribution in [1.29, 1.82) is 0 Å². The van der Waals surface area contributed by atoms with E-state index in [9.17, 15) is 4.79 Å². The molecular formula is C16H32ClN5OS. The van der Waals surface area contributed by atoms with Crippen LogP contribution in [0.2, 0.25) is 0 Å². The number of carbonyl (C=O) groups is 1. The SMILES string of the molecule is CSc1nnc(CCCNC(=O)[C@@H](N)C(C)(C)C)n1CC(C)C.Cl. The van der Waals surface area contributed by atoms with Gasteiger partial charge >= 0.3 is 0 Å². The lowest BCUT2D eigenvalue weighted by atomic mass is 9.87. The summed E-state index contributed by atoms with van der Waals surface area (Å²) in [6, 6.07) is -0.491. The molecule has 0 aliphatic heterocycles.